The summed E-state index contributed by atoms with van der Waals surface area (Å²) in [5, 5.41) is 0. The van der Waals surface area contributed by atoms with E-state index in [1.54, 1.807) is 6.92 Å². The van der Waals surface area contributed by atoms with Crippen molar-refractivity contribution in [3.8, 4) is 0 Å². The first-order valence-electron chi connectivity index (χ1n) is 3.82. The van der Waals surface area contributed by atoms with Crippen molar-refractivity contribution >= 4 is 12.9 Å². The van der Waals surface area contributed by atoms with Gasteiger partial charge in [-0.05, 0) is 6.92 Å². The second kappa shape index (κ2) is 5.06. The van der Waals surface area contributed by atoms with Crippen molar-refractivity contribution in [2.75, 3.05) is 6.61 Å². The molecule has 0 N–H and O–H groups in total. The van der Waals surface area contributed by atoms with Crippen LogP contribution >= 0.6 is 0 Å². The molecule has 0 heterocycles. The second-order valence-corrected chi connectivity index (χ2v) is 2.41. The lowest BCUT2D eigenvalue weighted by molar-refractivity contribution is -0.143. The molecule has 0 aromatic rings. The maximum atomic E-state index is 11.6. The van der Waals surface area contributed by atoms with Gasteiger partial charge >= 0.3 is 12.9 Å². The van der Waals surface area contributed by atoms with E-state index in [1.807, 2.05) is 0 Å². The molecular formula is C6H11BF3O2-. The first-order chi connectivity index (χ1) is 5.45. The Labute approximate surface area is 69.1 Å². The Balaban J connectivity index is 3.37. The summed E-state index contributed by atoms with van der Waals surface area (Å²) in [7, 11) is 0. The van der Waals surface area contributed by atoms with Crippen molar-refractivity contribution in [2.24, 2.45) is 0 Å². The predicted octanol–water partition coefficient (Wildman–Crippen LogP) is 2.18. The van der Waals surface area contributed by atoms with Crippen LogP contribution in [0.1, 0.15) is 19.8 Å². The van der Waals surface area contributed by atoms with E-state index in [0.29, 0.717) is 0 Å². The van der Waals surface area contributed by atoms with E-state index in [9.17, 15) is 17.7 Å². The molecule has 0 unspecified atom stereocenters. The fraction of sp³-hybridized carbons (Fsp3) is 0.833. The third-order valence-corrected chi connectivity index (χ3v) is 1.22. The van der Waals surface area contributed by atoms with Crippen LogP contribution in [0.5, 0.6) is 0 Å². The Bertz CT molecular complexity index is 146. The van der Waals surface area contributed by atoms with E-state index in [-0.39, 0.29) is 19.4 Å². The molecule has 0 spiro atoms. The van der Waals surface area contributed by atoms with Crippen LogP contribution in [0, 0.1) is 0 Å². The third kappa shape index (κ3) is 7.43. The monoisotopic (exact) mass is 183 g/mol. The summed E-state index contributed by atoms with van der Waals surface area (Å²) in [6.07, 6.45) is -1.17. The summed E-state index contributed by atoms with van der Waals surface area (Å²) >= 11 is 0. The minimum Gasteiger partial charge on any atom is -0.466 e. The van der Waals surface area contributed by atoms with Crippen LogP contribution in [0.2, 0.25) is 6.32 Å². The van der Waals surface area contributed by atoms with E-state index in [2.05, 4.69) is 4.74 Å². The van der Waals surface area contributed by atoms with Crippen molar-refractivity contribution in [3.63, 3.8) is 0 Å². The molecule has 0 radical (unpaired) electrons. The number of esters is 1. The number of hydrogen-bond donors (Lipinski definition) is 0. The Kier molecular flexibility index (Phi) is 4.77. The van der Waals surface area contributed by atoms with Crippen molar-refractivity contribution < 1.29 is 22.5 Å². The van der Waals surface area contributed by atoms with Gasteiger partial charge in [-0.1, -0.05) is 12.7 Å². The molecule has 0 saturated heterocycles. The lowest BCUT2D eigenvalue weighted by Gasteiger charge is -2.11. The third-order valence-electron chi connectivity index (χ3n) is 1.22. The Morgan fingerprint density at radius 2 is 2.00 bits per heavy atom. The van der Waals surface area contributed by atoms with Crippen LogP contribution in [0.25, 0.3) is 0 Å². The molecule has 0 saturated carbocycles. The van der Waals surface area contributed by atoms with Crippen LogP contribution in [0.3, 0.4) is 0 Å². The Morgan fingerprint density at radius 1 is 1.42 bits per heavy atom. The molecule has 2 nitrogen and oxygen atoms in total. The van der Waals surface area contributed by atoms with Gasteiger partial charge in [0.05, 0.1) is 6.61 Å². The SMILES string of the molecule is CCOC(=O)CCC[B-](F)(F)F. The van der Waals surface area contributed by atoms with E-state index in [0.717, 1.165) is 0 Å². The van der Waals surface area contributed by atoms with E-state index in [1.165, 1.54) is 0 Å². The predicted molar refractivity (Wildman–Crippen MR) is 39.8 cm³/mol. The average Bonchev–Trinajstić information content (AvgIpc) is 1.84. The Morgan fingerprint density at radius 3 is 2.42 bits per heavy atom. The van der Waals surface area contributed by atoms with Gasteiger partial charge in [0.15, 0.2) is 0 Å². The minimum atomic E-state index is -4.75. The maximum Gasteiger partial charge on any atom is 0.478 e. The zero-order chi connectivity index (χ0) is 9.61. The molecule has 0 rings (SSSR count). The van der Waals surface area contributed by atoms with Gasteiger partial charge in [0, 0.05) is 6.42 Å². The van der Waals surface area contributed by atoms with Crippen LogP contribution in [-0.4, -0.2) is 19.6 Å². The van der Waals surface area contributed by atoms with Gasteiger partial charge in [0.1, 0.15) is 0 Å². The highest BCUT2D eigenvalue weighted by Crippen LogP contribution is 2.17. The highest BCUT2D eigenvalue weighted by atomic mass is 19.4. The molecule has 0 aliphatic carbocycles. The quantitative estimate of drug-likeness (QED) is 0.482. The van der Waals surface area contributed by atoms with Crippen LogP contribution in [0.4, 0.5) is 12.9 Å². The zero-order valence-electron chi connectivity index (χ0n) is 6.86. The van der Waals surface area contributed by atoms with Crippen molar-refractivity contribution in [1.82, 2.24) is 0 Å². The highest BCUT2D eigenvalue weighted by Gasteiger charge is 2.22. The molecular weight excluding hydrogens is 172 g/mol. The van der Waals surface area contributed by atoms with Crippen molar-refractivity contribution in [1.29, 1.82) is 0 Å². The minimum absolute atomic E-state index is 0.144. The van der Waals surface area contributed by atoms with Crippen LogP contribution < -0.4 is 0 Å². The lowest BCUT2D eigenvalue weighted by atomic mass is 9.84. The molecule has 0 aromatic heterocycles. The van der Waals surface area contributed by atoms with E-state index in [4.69, 9.17) is 0 Å². The smallest absolute Gasteiger partial charge is 0.466 e. The molecule has 0 amide bonds. The normalized spacial score (nSPS) is 11.3. The van der Waals surface area contributed by atoms with Gasteiger partial charge in [-0.15, -0.1) is 0 Å². The number of carbonyl (C=O) groups is 1. The van der Waals surface area contributed by atoms with Crippen molar-refractivity contribution in [2.45, 2.75) is 26.1 Å². The van der Waals surface area contributed by atoms with E-state index >= 15 is 0 Å². The molecule has 0 aliphatic rings. The highest BCUT2D eigenvalue weighted by molar-refractivity contribution is 6.58. The summed E-state index contributed by atoms with van der Waals surface area (Å²) in [4.78, 5) is 10.5. The Hall–Kier alpha value is -0.675. The van der Waals surface area contributed by atoms with Crippen LogP contribution in [-0.2, 0) is 9.53 Å². The molecule has 6 heteroatoms. The van der Waals surface area contributed by atoms with Gasteiger partial charge in [-0.3, -0.25) is 4.79 Å². The molecule has 72 valence electrons. The molecule has 0 aliphatic heterocycles. The largest absolute Gasteiger partial charge is 0.478 e. The summed E-state index contributed by atoms with van der Waals surface area (Å²) in [6.45, 7) is -2.92. The first kappa shape index (κ1) is 11.3. The first-order valence-corrected chi connectivity index (χ1v) is 3.82. The summed E-state index contributed by atoms with van der Waals surface area (Å²) in [6, 6.07) is 0. The lowest BCUT2D eigenvalue weighted by Crippen LogP contribution is -2.15. The molecule has 0 aromatic carbocycles. The van der Waals surface area contributed by atoms with Gasteiger partial charge in [0.2, 0.25) is 0 Å². The number of halogens is 3. The van der Waals surface area contributed by atoms with Crippen molar-refractivity contribution in [3.05, 3.63) is 0 Å². The second-order valence-electron chi connectivity index (χ2n) is 2.41. The van der Waals surface area contributed by atoms with Crippen LogP contribution in [0.15, 0.2) is 0 Å². The van der Waals surface area contributed by atoms with E-state index < -0.39 is 19.3 Å². The van der Waals surface area contributed by atoms with Gasteiger partial charge in [-0.25, -0.2) is 0 Å². The summed E-state index contributed by atoms with van der Waals surface area (Å²) in [5.41, 5.74) is 0. The van der Waals surface area contributed by atoms with Gasteiger partial charge in [0.25, 0.3) is 0 Å². The zero-order valence-corrected chi connectivity index (χ0v) is 6.86. The average molecular weight is 183 g/mol. The summed E-state index contributed by atoms with van der Waals surface area (Å²) in [5.74, 6) is -0.558. The molecule has 0 bridgehead atoms. The number of ether oxygens (including phenoxy) is 1. The standard InChI is InChI=1S/C6H11BF3O2/c1-2-12-6(11)4-3-5-7(8,9)10/h2-5H2,1H3/q-1. The number of hydrogen-bond acceptors (Lipinski definition) is 2. The van der Waals surface area contributed by atoms with Gasteiger partial charge < -0.3 is 17.7 Å². The topological polar surface area (TPSA) is 26.3 Å². The summed E-state index contributed by atoms with van der Waals surface area (Å²) < 4.78 is 39.3. The number of carbonyl (C=O) groups excluding carboxylic acids is 1. The fourth-order valence-corrected chi connectivity index (χ4v) is 0.711. The van der Waals surface area contributed by atoms with Gasteiger partial charge in [-0.2, -0.15) is 0 Å². The molecule has 12 heavy (non-hydrogen) atoms. The maximum absolute atomic E-state index is 11.6. The fourth-order valence-electron chi connectivity index (χ4n) is 0.711. The molecule has 0 atom stereocenters. The molecule has 0 fully saturated rings. The number of rotatable bonds is 5.